The molecule has 0 amide bonds. The van der Waals surface area contributed by atoms with E-state index in [1.165, 1.54) is 0 Å². The van der Waals surface area contributed by atoms with Crippen molar-refractivity contribution in [2.45, 2.75) is 0 Å². The van der Waals surface area contributed by atoms with Crippen molar-refractivity contribution in [2.75, 3.05) is 0 Å². The van der Waals surface area contributed by atoms with E-state index in [0.29, 0.717) is 5.56 Å². The minimum atomic E-state index is -0.0629. The van der Waals surface area contributed by atoms with Gasteiger partial charge in [-0.25, -0.2) is 0 Å². The lowest BCUT2D eigenvalue weighted by molar-refractivity contribution is 0.104. The number of benzene rings is 1. The van der Waals surface area contributed by atoms with Gasteiger partial charge in [0.1, 0.15) is 0 Å². The van der Waals surface area contributed by atoms with Gasteiger partial charge in [-0.15, -0.1) is 0 Å². The first-order valence-electron chi connectivity index (χ1n) is 6.30. The van der Waals surface area contributed by atoms with Crippen LogP contribution in [0.15, 0.2) is 67.1 Å². The molecular formula is C17H12N2O. The van der Waals surface area contributed by atoms with Crippen molar-refractivity contribution in [2.24, 2.45) is 0 Å². The SMILES string of the molecule is O=C(C=Cc1cccnc1)c1cnc2ccccc2c1. The van der Waals surface area contributed by atoms with Crippen molar-refractivity contribution in [3.05, 3.63) is 78.3 Å². The fourth-order valence-electron chi connectivity index (χ4n) is 1.95. The average molecular weight is 260 g/mol. The van der Waals surface area contributed by atoms with Crippen LogP contribution in [0.3, 0.4) is 0 Å². The number of para-hydroxylation sites is 1. The molecule has 0 atom stereocenters. The number of carbonyl (C=O) groups excluding carboxylic acids is 1. The summed E-state index contributed by atoms with van der Waals surface area (Å²) in [6, 6.07) is 13.3. The molecule has 0 aliphatic carbocycles. The lowest BCUT2D eigenvalue weighted by atomic mass is 10.1. The Morgan fingerprint density at radius 1 is 1.05 bits per heavy atom. The van der Waals surface area contributed by atoms with Gasteiger partial charge in [-0.1, -0.05) is 24.3 Å². The Morgan fingerprint density at radius 3 is 2.80 bits per heavy atom. The van der Waals surface area contributed by atoms with Crippen molar-refractivity contribution < 1.29 is 4.79 Å². The number of carbonyl (C=O) groups is 1. The van der Waals surface area contributed by atoms with Gasteiger partial charge in [-0.05, 0) is 35.9 Å². The van der Waals surface area contributed by atoms with Crippen LogP contribution in [0.4, 0.5) is 0 Å². The smallest absolute Gasteiger partial charge is 0.187 e. The Hall–Kier alpha value is -2.81. The molecule has 0 saturated heterocycles. The Labute approximate surface area is 116 Å². The van der Waals surface area contributed by atoms with E-state index < -0.39 is 0 Å². The first-order valence-corrected chi connectivity index (χ1v) is 6.30. The lowest BCUT2D eigenvalue weighted by Crippen LogP contribution is -1.95. The fraction of sp³-hybridized carbons (Fsp3) is 0. The highest BCUT2D eigenvalue weighted by molar-refractivity contribution is 6.08. The summed E-state index contributed by atoms with van der Waals surface area (Å²) in [6.07, 6.45) is 8.32. The number of pyridine rings is 2. The second kappa shape index (κ2) is 5.45. The Kier molecular flexibility index (Phi) is 3.33. The van der Waals surface area contributed by atoms with Crippen LogP contribution in [-0.2, 0) is 0 Å². The topological polar surface area (TPSA) is 42.9 Å². The number of rotatable bonds is 3. The Bertz CT molecular complexity index is 779. The normalized spacial score (nSPS) is 11.0. The maximum Gasteiger partial charge on any atom is 0.187 e. The predicted molar refractivity (Wildman–Crippen MR) is 79.3 cm³/mol. The third kappa shape index (κ3) is 2.62. The Morgan fingerprint density at radius 2 is 1.95 bits per heavy atom. The zero-order valence-electron chi connectivity index (χ0n) is 10.7. The number of allylic oxidation sites excluding steroid dienone is 1. The highest BCUT2D eigenvalue weighted by atomic mass is 16.1. The number of nitrogens with zero attached hydrogens (tertiary/aromatic N) is 2. The summed E-state index contributed by atoms with van der Waals surface area (Å²) in [4.78, 5) is 20.4. The van der Waals surface area contributed by atoms with Gasteiger partial charge in [-0.3, -0.25) is 14.8 Å². The molecule has 0 aliphatic rings. The monoisotopic (exact) mass is 260 g/mol. The van der Waals surface area contributed by atoms with Crippen LogP contribution in [-0.4, -0.2) is 15.8 Å². The number of aromatic nitrogens is 2. The van der Waals surface area contributed by atoms with Crippen LogP contribution < -0.4 is 0 Å². The van der Waals surface area contributed by atoms with Gasteiger partial charge in [0.15, 0.2) is 5.78 Å². The second-order valence-electron chi connectivity index (χ2n) is 4.40. The van der Waals surface area contributed by atoms with Gasteiger partial charge in [0, 0.05) is 29.5 Å². The van der Waals surface area contributed by atoms with Crippen LogP contribution in [0, 0.1) is 0 Å². The number of ketones is 1. The Balaban J connectivity index is 1.87. The van der Waals surface area contributed by atoms with Gasteiger partial charge < -0.3 is 0 Å². The van der Waals surface area contributed by atoms with Gasteiger partial charge in [0.05, 0.1) is 5.52 Å². The molecule has 3 heteroatoms. The second-order valence-corrected chi connectivity index (χ2v) is 4.40. The molecule has 0 fully saturated rings. The van der Waals surface area contributed by atoms with Crippen LogP contribution in [0.1, 0.15) is 15.9 Å². The summed E-state index contributed by atoms with van der Waals surface area (Å²) in [7, 11) is 0. The zero-order valence-corrected chi connectivity index (χ0v) is 10.7. The zero-order chi connectivity index (χ0) is 13.8. The molecule has 0 spiro atoms. The number of fused-ring (bicyclic) bond motifs is 1. The van der Waals surface area contributed by atoms with Crippen molar-refractivity contribution in [1.82, 2.24) is 9.97 Å². The van der Waals surface area contributed by atoms with Crippen LogP contribution >= 0.6 is 0 Å². The molecule has 1 aromatic carbocycles. The molecular weight excluding hydrogens is 248 g/mol. The quantitative estimate of drug-likeness (QED) is 0.534. The minimum absolute atomic E-state index is 0.0629. The number of hydrogen-bond donors (Lipinski definition) is 0. The van der Waals surface area contributed by atoms with E-state index in [9.17, 15) is 4.79 Å². The van der Waals surface area contributed by atoms with E-state index in [4.69, 9.17) is 0 Å². The predicted octanol–water partition coefficient (Wildman–Crippen LogP) is 3.53. The lowest BCUT2D eigenvalue weighted by Gasteiger charge is -1.99. The molecule has 3 rings (SSSR count). The highest BCUT2D eigenvalue weighted by Crippen LogP contribution is 2.13. The van der Waals surface area contributed by atoms with Crippen molar-refractivity contribution in [3.63, 3.8) is 0 Å². The van der Waals surface area contributed by atoms with E-state index in [1.807, 2.05) is 42.5 Å². The van der Waals surface area contributed by atoms with E-state index in [2.05, 4.69) is 9.97 Å². The van der Waals surface area contributed by atoms with Gasteiger partial charge >= 0.3 is 0 Å². The van der Waals surface area contributed by atoms with Gasteiger partial charge in [0.2, 0.25) is 0 Å². The minimum Gasteiger partial charge on any atom is -0.289 e. The van der Waals surface area contributed by atoms with Crippen LogP contribution in [0.25, 0.3) is 17.0 Å². The molecule has 2 heterocycles. The molecule has 0 N–H and O–H groups in total. The summed E-state index contributed by atoms with van der Waals surface area (Å²) < 4.78 is 0. The maximum atomic E-state index is 12.1. The van der Waals surface area contributed by atoms with Gasteiger partial charge in [-0.2, -0.15) is 0 Å². The summed E-state index contributed by atoms with van der Waals surface area (Å²) >= 11 is 0. The van der Waals surface area contributed by atoms with Crippen molar-refractivity contribution in [3.8, 4) is 0 Å². The van der Waals surface area contributed by atoms with E-state index in [1.54, 1.807) is 30.7 Å². The number of hydrogen-bond acceptors (Lipinski definition) is 3. The molecule has 3 aromatic rings. The summed E-state index contributed by atoms with van der Waals surface area (Å²) in [5.41, 5.74) is 2.37. The molecule has 0 saturated carbocycles. The molecule has 0 bridgehead atoms. The fourth-order valence-corrected chi connectivity index (χ4v) is 1.95. The molecule has 3 nitrogen and oxygen atoms in total. The molecule has 0 unspecified atom stereocenters. The van der Waals surface area contributed by atoms with Crippen molar-refractivity contribution >= 4 is 22.8 Å². The van der Waals surface area contributed by atoms with Crippen LogP contribution in [0.5, 0.6) is 0 Å². The first kappa shape index (κ1) is 12.2. The molecule has 2 aromatic heterocycles. The van der Waals surface area contributed by atoms with E-state index >= 15 is 0 Å². The molecule has 0 radical (unpaired) electrons. The maximum absolute atomic E-state index is 12.1. The summed E-state index contributed by atoms with van der Waals surface area (Å²) in [5.74, 6) is -0.0629. The molecule has 20 heavy (non-hydrogen) atoms. The summed E-state index contributed by atoms with van der Waals surface area (Å²) in [5, 5.41) is 0.966. The molecule has 0 aliphatic heterocycles. The van der Waals surface area contributed by atoms with E-state index in [0.717, 1.165) is 16.5 Å². The summed E-state index contributed by atoms with van der Waals surface area (Å²) in [6.45, 7) is 0. The van der Waals surface area contributed by atoms with Gasteiger partial charge in [0.25, 0.3) is 0 Å². The average Bonchev–Trinajstić information content (AvgIpc) is 2.53. The van der Waals surface area contributed by atoms with E-state index in [-0.39, 0.29) is 5.78 Å². The first-order chi connectivity index (χ1) is 9.83. The van der Waals surface area contributed by atoms with Crippen LogP contribution in [0.2, 0.25) is 0 Å². The standard InChI is InChI=1S/C17H12N2O/c20-17(8-7-13-4-3-9-18-11-13)15-10-14-5-1-2-6-16(14)19-12-15/h1-12H. The third-order valence-electron chi connectivity index (χ3n) is 2.99. The third-order valence-corrected chi connectivity index (χ3v) is 2.99. The highest BCUT2D eigenvalue weighted by Gasteiger charge is 2.03. The van der Waals surface area contributed by atoms with Crippen molar-refractivity contribution in [1.29, 1.82) is 0 Å². The molecule has 96 valence electrons. The largest absolute Gasteiger partial charge is 0.289 e.